The van der Waals surface area contributed by atoms with E-state index < -0.39 is 0 Å². The Morgan fingerprint density at radius 3 is 2.41 bits per heavy atom. The second-order valence-corrected chi connectivity index (χ2v) is 4.75. The van der Waals surface area contributed by atoms with Crippen molar-refractivity contribution < 1.29 is 0 Å². The lowest BCUT2D eigenvalue weighted by Gasteiger charge is -2.06. The van der Waals surface area contributed by atoms with Gasteiger partial charge in [-0.25, -0.2) is 9.97 Å². The number of aryl methyl sites for hydroxylation is 1. The molecule has 0 radical (unpaired) electrons. The van der Waals surface area contributed by atoms with Crippen LogP contribution in [0.4, 0.5) is 0 Å². The number of nitrogens with zero attached hydrogens (tertiary/aromatic N) is 2. The molecule has 17 heavy (non-hydrogen) atoms. The van der Waals surface area contributed by atoms with Crippen molar-refractivity contribution in [1.82, 2.24) is 9.97 Å². The van der Waals surface area contributed by atoms with Gasteiger partial charge in [0.2, 0.25) is 0 Å². The van der Waals surface area contributed by atoms with Crippen molar-refractivity contribution in [2.45, 2.75) is 24.4 Å². The van der Waals surface area contributed by atoms with E-state index in [1.165, 1.54) is 11.1 Å². The molecule has 1 heterocycles. The fraction of sp³-hybridized carbons (Fsp3) is 0.231. The lowest BCUT2D eigenvalue weighted by molar-refractivity contribution is 0.948. The highest BCUT2D eigenvalue weighted by Gasteiger charge is 2.02. The van der Waals surface area contributed by atoms with Gasteiger partial charge in [0, 0.05) is 24.7 Å². The van der Waals surface area contributed by atoms with E-state index in [1.807, 2.05) is 31.5 Å². The van der Waals surface area contributed by atoms with Crippen LogP contribution in [-0.4, -0.2) is 9.97 Å². The van der Waals surface area contributed by atoms with Crippen LogP contribution in [0.2, 0.25) is 0 Å². The molecule has 2 aromatic rings. The minimum atomic E-state index is 0.575. The van der Waals surface area contributed by atoms with Crippen molar-refractivity contribution in [2.75, 3.05) is 0 Å². The van der Waals surface area contributed by atoms with Gasteiger partial charge in [0.05, 0.1) is 0 Å². The number of hydrogen-bond donors (Lipinski definition) is 1. The lowest BCUT2D eigenvalue weighted by atomic mass is 10.1. The van der Waals surface area contributed by atoms with Gasteiger partial charge in [0.15, 0.2) is 5.16 Å². The van der Waals surface area contributed by atoms with Crippen LogP contribution in [0.15, 0.2) is 41.8 Å². The van der Waals surface area contributed by atoms with Gasteiger partial charge in [-0.15, -0.1) is 0 Å². The normalized spacial score (nSPS) is 10.5. The molecule has 3 nitrogen and oxygen atoms in total. The standard InChI is InChI=1S/C13H15N3S/c1-10-7-15-13(16-8-10)17-9-12-5-3-2-4-11(12)6-14/h2-5,7-8H,6,9,14H2,1H3. The molecule has 0 aliphatic rings. The number of nitrogens with two attached hydrogens (primary N) is 1. The summed E-state index contributed by atoms with van der Waals surface area (Å²) in [6.45, 7) is 2.56. The Morgan fingerprint density at radius 2 is 1.76 bits per heavy atom. The highest BCUT2D eigenvalue weighted by molar-refractivity contribution is 7.98. The third kappa shape index (κ3) is 3.28. The van der Waals surface area contributed by atoms with Crippen LogP contribution >= 0.6 is 11.8 Å². The maximum absolute atomic E-state index is 5.70. The Labute approximate surface area is 105 Å². The molecule has 2 N–H and O–H groups in total. The molecule has 0 saturated carbocycles. The Morgan fingerprint density at radius 1 is 1.12 bits per heavy atom. The van der Waals surface area contributed by atoms with Crippen LogP contribution < -0.4 is 5.73 Å². The molecular weight excluding hydrogens is 230 g/mol. The summed E-state index contributed by atoms with van der Waals surface area (Å²) in [5.41, 5.74) is 9.22. The first-order valence-electron chi connectivity index (χ1n) is 5.48. The zero-order valence-corrected chi connectivity index (χ0v) is 10.6. The summed E-state index contributed by atoms with van der Waals surface area (Å²) in [6, 6.07) is 8.21. The van der Waals surface area contributed by atoms with E-state index in [4.69, 9.17) is 5.73 Å². The molecule has 0 atom stereocenters. The second-order valence-electron chi connectivity index (χ2n) is 3.80. The van der Waals surface area contributed by atoms with E-state index in [-0.39, 0.29) is 0 Å². The van der Waals surface area contributed by atoms with Crippen LogP contribution in [0.5, 0.6) is 0 Å². The fourth-order valence-corrected chi connectivity index (χ4v) is 2.32. The monoisotopic (exact) mass is 245 g/mol. The Kier molecular flexibility index (Phi) is 4.12. The zero-order chi connectivity index (χ0) is 12.1. The molecule has 0 aliphatic heterocycles. The van der Waals surface area contributed by atoms with Gasteiger partial charge in [-0.2, -0.15) is 0 Å². The Hall–Kier alpha value is -1.39. The minimum absolute atomic E-state index is 0.575. The number of hydrogen-bond acceptors (Lipinski definition) is 4. The molecule has 0 bridgehead atoms. The highest BCUT2D eigenvalue weighted by atomic mass is 32.2. The van der Waals surface area contributed by atoms with E-state index >= 15 is 0 Å². The molecule has 2 rings (SSSR count). The lowest BCUT2D eigenvalue weighted by Crippen LogP contribution is -2.00. The van der Waals surface area contributed by atoms with E-state index in [0.29, 0.717) is 6.54 Å². The maximum Gasteiger partial charge on any atom is 0.187 e. The average Bonchev–Trinajstić information content (AvgIpc) is 2.38. The molecule has 0 unspecified atom stereocenters. The first-order chi connectivity index (χ1) is 8.29. The predicted molar refractivity (Wildman–Crippen MR) is 70.7 cm³/mol. The molecule has 88 valence electrons. The molecule has 4 heteroatoms. The third-order valence-electron chi connectivity index (χ3n) is 2.45. The smallest absolute Gasteiger partial charge is 0.187 e. The fourth-order valence-electron chi connectivity index (χ4n) is 1.50. The molecule has 1 aromatic carbocycles. The van der Waals surface area contributed by atoms with E-state index in [2.05, 4.69) is 22.1 Å². The van der Waals surface area contributed by atoms with Crippen LogP contribution in [0.3, 0.4) is 0 Å². The molecular formula is C13H15N3S. The van der Waals surface area contributed by atoms with Crippen LogP contribution in [0.25, 0.3) is 0 Å². The van der Waals surface area contributed by atoms with Crippen molar-refractivity contribution in [1.29, 1.82) is 0 Å². The summed E-state index contributed by atoms with van der Waals surface area (Å²) in [4.78, 5) is 8.54. The summed E-state index contributed by atoms with van der Waals surface area (Å²) in [7, 11) is 0. The van der Waals surface area contributed by atoms with Crippen LogP contribution in [-0.2, 0) is 12.3 Å². The van der Waals surface area contributed by atoms with Gasteiger partial charge in [-0.3, -0.25) is 0 Å². The quantitative estimate of drug-likeness (QED) is 0.664. The summed E-state index contributed by atoms with van der Waals surface area (Å²) < 4.78 is 0. The Balaban J connectivity index is 2.04. The number of rotatable bonds is 4. The first kappa shape index (κ1) is 12.1. The largest absolute Gasteiger partial charge is 0.326 e. The Bertz CT molecular complexity index is 482. The topological polar surface area (TPSA) is 51.8 Å². The van der Waals surface area contributed by atoms with Crippen LogP contribution in [0.1, 0.15) is 16.7 Å². The van der Waals surface area contributed by atoms with Crippen molar-refractivity contribution in [3.05, 3.63) is 53.3 Å². The highest BCUT2D eigenvalue weighted by Crippen LogP contribution is 2.21. The summed E-state index contributed by atoms with van der Waals surface area (Å²) in [5.74, 6) is 0.858. The summed E-state index contributed by atoms with van der Waals surface area (Å²) in [5, 5.41) is 0.808. The molecule has 0 spiro atoms. The third-order valence-corrected chi connectivity index (χ3v) is 3.38. The molecule has 0 saturated heterocycles. The number of aromatic nitrogens is 2. The molecule has 1 aromatic heterocycles. The van der Waals surface area contributed by atoms with Crippen molar-refractivity contribution >= 4 is 11.8 Å². The van der Waals surface area contributed by atoms with Crippen molar-refractivity contribution in [3.63, 3.8) is 0 Å². The van der Waals surface area contributed by atoms with E-state index in [0.717, 1.165) is 16.5 Å². The molecule has 0 fully saturated rings. The predicted octanol–water partition coefficient (Wildman–Crippen LogP) is 2.54. The average molecular weight is 245 g/mol. The molecule has 0 amide bonds. The summed E-state index contributed by atoms with van der Waals surface area (Å²) in [6.07, 6.45) is 3.67. The van der Waals surface area contributed by atoms with Gasteiger partial charge in [-0.05, 0) is 23.6 Å². The maximum atomic E-state index is 5.70. The van der Waals surface area contributed by atoms with Gasteiger partial charge in [0.1, 0.15) is 0 Å². The van der Waals surface area contributed by atoms with Gasteiger partial charge in [0.25, 0.3) is 0 Å². The molecule has 0 aliphatic carbocycles. The van der Waals surface area contributed by atoms with E-state index in [9.17, 15) is 0 Å². The second kappa shape index (κ2) is 5.80. The summed E-state index contributed by atoms with van der Waals surface area (Å²) >= 11 is 1.63. The zero-order valence-electron chi connectivity index (χ0n) is 9.76. The number of thioether (sulfide) groups is 1. The van der Waals surface area contributed by atoms with E-state index in [1.54, 1.807) is 11.8 Å². The van der Waals surface area contributed by atoms with Crippen molar-refractivity contribution in [2.24, 2.45) is 5.73 Å². The first-order valence-corrected chi connectivity index (χ1v) is 6.46. The SMILES string of the molecule is Cc1cnc(SCc2ccccc2CN)nc1. The minimum Gasteiger partial charge on any atom is -0.326 e. The van der Waals surface area contributed by atoms with Gasteiger partial charge < -0.3 is 5.73 Å². The van der Waals surface area contributed by atoms with Crippen molar-refractivity contribution in [3.8, 4) is 0 Å². The van der Waals surface area contributed by atoms with Crippen LogP contribution in [0, 0.1) is 6.92 Å². The number of benzene rings is 1. The van der Waals surface area contributed by atoms with Gasteiger partial charge >= 0.3 is 0 Å². The van der Waals surface area contributed by atoms with Gasteiger partial charge in [-0.1, -0.05) is 36.0 Å².